The van der Waals surface area contributed by atoms with Gasteiger partial charge < -0.3 is 10.6 Å². The molecule has 0 bridgehead atoms. The molecule has 1 heterocycles. The number of rotatable bonds is 3. The fraction of sp³-hybridized carbons (Fsp3) is 0.278. The molecule has 0 radical (unpaired) electrons. The molecular weight excluding hydrogens is 322 g/mol. The van der Waals surface area contributed by atoms with Crippen molar-refractivity contribution in [3.05, 3.63) is 53.7 Å². The number of hydrogen-bond donors (Lipinski definition) is 2. The molecule has 0 aliphatic heterocycles. The van der Waals surface area contributed by atoms with Crippen LogP contribution in [0.15, 0.2) is 47.6 Å². The van der Waals surface area contributed by atoms with Crippen LogP contribution in [0.4, 0.5) is 5.69 Å². The lowest BCUT2D eigenvalue weighted by molar-refractivity contribution is -0.136. The molecule has 0 saturated heterocycles. The number of amides is 2. The van der Waals surface area contributed by atoms with E-state index in [9.17, 15) is 9.59 Å². The molecule has 2 N–H and O–H groups in total. The van der Waals surface area contributed by atoms with Gasteiger partial charge in [-0.25, -0.2) is 4.98 Å². The van der Waals surface area contributed by atoms with E-state index in [0.29, 0.717) is 5.69 Å². The lowest BCUT2D eigenvalue weighted by Gasteiger charge is -2.25. The minimum Gasteiger partial charge on any atom is -0.345 e. The maximum atomic E-state index is 12.1. The number of carbonyl (C=O) groups is 2. The van der Waals surface area contributed by atoms with E-state index in [4.69, 9.17) is 0 Å². The zero-order chi connectivity index (χ0) is 16.9. The van der Waals surface area contributed by atoms with Crippen LogP contribution in [-0.2, 0) is 22.4 Å². The van der Waals surface area contributed by atoms with Crippen molar-refractivity contribution >= 4 is 29.3 Å². The monoisotopic (exact) mass is 341 g/mol. The number of thioether (sulfide) groups is 1. The molecule has 0 spiro atoms. The number of carbonyl (C=O) groups excluding carboxylic acids is 2. The summed E-state index contributed by atoms with van der Waals surface area (Å²) in [7, 11) is 0. The van der Waals surface area contributed by atoms with Gasteiger partial charge in [0.1, 0.15) is 0 Å². The SMILES string of the molecule is CSc1ccc(NC(=O)C(=O)N[C@H]2CCc3ccccc3C2)cn1. The Balaban J connectivity index is 1.55. The zero-order valence-corrected chi connectivity index (χ0v) is 14.2. The van der Waals surface area contributed by atoms with E-state index in [1.807, 2.05) is 18.4 Å². The fourth-order valence-corrected chi connectivity index (χ4v) is 3.20. The maximum Gasteiger partial charge on any atom is 0.313 e. The van der Waals surface area contributed by atoms with E-state index in [0.717, 1.165) is 24.3 Å². The van der Waals surface area contributed by atoms with Crippen molar-refractivity contribution in [1.29, 1.82) is 0 Å². The van der Waals surface area contributed by atoms with Gasteiger partial charge in [0.2, 0.25) is 0 Å². The third-order valence-corrected chi connectivity index (χ3v) is 4.75. The Kier molecular flexibility index (Phi) is 5.15. The van der Waals surface area contributed by atoms with Crippen molar-refractivity contribution in [3.8, 4) is 0 Å². The summed E-state index contributed by atoms with van der Waals surface area (Å²) in [5, 5.41) is 6.27. The number of nitrogens with zero attached hydrogens (tertiary/aromatic N) is 1. The van der Waals surface area contributed by atoms with E-state index < -0.39 is 11.8 Å². The average Bonchev–Trinajstić information content (AvgIpc) is 2.62. The standard InChI is InChI=1S/C18H19N3O2S/c1-24-16-9-8-15(11-19-16)21-18(23)17(22)20-14-7-6-12-4-2-3-5-13(12)10-14/h2-5,8-9,11,14H,6-7,10H2,1H3,(H,20,22)(H,21,23)/t14-/m0/s1. The fourth-order valence-electron chi connectivity index (χ4n) is 2.83. The second kappa shape index (κ2) is 7.49. The molecule has 0 saturated carbocycles. The van der Waals surface area contributed by atoms with Crippen LogP contribution in [0, 0.1) is 0 Å². The summed E-state index contributed by atoms with van der Waals surface area (Å²) < 4.78 is 0. The Morgan fingerprint density at radius 3 is 2.62 bits per heavy atom. The van der Waals surface area contributed by atoms with E-state index in [1.54, 1.807) is 18.3 Å². The number of nitrogens with one attached hydrogen (secondary N) is 2. The molecule has 1 atom stereocenters. The lowest BCUT2D eigenvalue weighted by atomic mass is 9.88. The van der Waals surface area contributed by atoms with Crippen molar-refractivity contribution in [2.24, 2.45) is 0 Å². The van der Waals surface area contributed by atoms with Crippen LogP contribution in [0.1, 0.15) is 17.5 Å². The topological polar surface area (TPSA) is 71.1 Å². The van der Waals surface area contributed by atoms with E-state index in [-0.39, 0.29) is 6.04 Å². The van der Waals surface area contributed by atoms with Crippen LogP contribution in [0.25, 0.3) is 0 Å². The van der Waals surface area contributed by atoms with Crippen molar-refractivity contribution in [3.63, 3.8) is 0 Å². The number of anilines is 1. The highest BCUT2D eigenvalue weighted by Gasteiger charge is 2.23. The highest BCUT2D eigenvalue weighted by Crippen LogP contribution is 2.21. The molecule has 0 fully saturated rings. The van der Waals surface area contributed by atoms with Crippen molar-refractivity contribution in [2.45, 2.75) is 30.3 Å². The van der Waals surface area contributed by atoms with Crippen LogP contribution in [-0.4, -0.2) is 29.1 Å². The van der Waals surface area contributed by atoms with Gasteiger partial charge >= 0.3 is 11.8 Å². The number of fused-ring (bicyclic) bond motifs is 1. The number of aromatic nitrogens is 1. The summed E-state index contributed by atoms with van der Waals surface area (Å²) in [6, 6.07) is 11.8. The molecule has 2 aromatic rings. The van der Waals surface area contributed by atoms with Crippen LogP contribution >= 0.6 is 11.8 Å². The van der Waals surface area contributed by atoms with E-state index in [2.05, 4.69) is 27.8 Å². The van der Waals surface area contributed by atoms with Crippen LogP contribution in [0.3, 0.4) is 0 Å². The second-order valence-electron chi connectivity index (χ2n) is 5.73. The highest BCUT2D eigenvalue weighted by molar-refractivity contribution is 7.98. The van der Waals surface area contributed by atoms with Gasteiger partial charge in [0, 0.05) is 6.04 Å². The summed E-state index contributed by atoms with van der Waals surface area (Å²) in [4.78, 5) is 28.3. The molecule has 2 amide bonds. The zero-order valence-electron chi connectivity index (χ0n) is 13.4. The Bertz CT molecular complexity index is 746. The molecule has 1 aliphatic carbocycles. The van der Waals surface area contributed by atoms with Crippen LogP contribution in [0.5, 0.6) is 0 Å². The summed E-state index contributed by atoms with van der Waals surface area (Å²) >= 11 is 1.52. The first-order valence-electron chi connectivity index (χ1n) is 7.84. The number of aryl methyl sites for hydroxylation is 1. The maximum absolute atomic E-state index is 12.1. The third kappa shape index (κ3) is 3.94. The number of hydrogen-bond acceptors (Lipinski definition) is 4. The predicted molar refractivity (Wildman–Crippen MR) is 95.0 cm³/mol. The predicted octanol–water partition coefficient (Wildman–Crippen LogP) is 2.42. The van der Waals surface area contributed by atoms with Crippen LogP contribution < -0.4 is 10.6 Å². The van der Waals surface area contributed by atoms with Crippen molar-refractivity contribution in [1.82, 2.24) is 10.3 Å². The molecule has 1 aliphatic rings. The first kappa shape index (κ1) is 16.5. The minimum absolute atomic E-state index is 0.00450. The molecule has 5 nitrogen and oxygen atoms in total. The van der Waals surface area contributed by atoms with Gasteiger partial charge in [-0.15, -0.1) is 11.8 Å². The van der Waals surface area contributed by atoms with Gasteiger partial charge in [-0.05, 0) is 48.8 Å². The van der Waals surface area contributed by atoms with Gasteiger partial charge in [-0.1, -0.05) is 24.3 Å². The molecule has 6 heteroatoms. The lowest BCUT2D eigenvalue weighted by Crippen LogP contribution is -2.44. The third-order valence-electron chi connectivity index (χ3n) is 4.09. The summed E-state index contributed by atoms with van der Waals surface area (Å²) in [6.45, 7) is 0. The van der Waals surface area contributed by atoms with E-state index in [1.165, 1.54) is 22.9 Å². The van der Waals surface area contributed by atoms with Gasteiger partial charge in [0.05, 0.1) is 16.9 Å². The van der Waals surface area contributed by atoms with Crippen molar-refractivity contribution < 1.29 is 9.59 Å². The summed E-state index contributed by atoms with van der Waals surface area (Å²) in [5.74, 6) is -1.26. The normalized spacial score (nSPS) is 16.1. The first-order valence-corrected chi connectivity index (χ1v) is 9.07. The molecule has 24 heavy (non-hydrogen) atoms. The smallest absolute Gasteiger partial charge is 0.313 e. The van der Waals surface area contributed by atoms with Gasteiger partial charge in [0.25, 0.3) is 0 Å². The highest BCUT2D eigenvalue weighted by atomic mass is 32.2. The van der Waals surface area contributed by atoms with Gasteiger partial charge in [-0.2, -0.15) is 0 Å². The molecule has 1 aromatic heterocycles. The first-order chi connectivity index (χ1) is 11.7. The molecule has 0 unspecified atom stereocenters. The Hall–Kier alpha value is -2.34. The number of benzene rings is 1. The largest absolute Gasteiger partial charge is 0.345 e. The Morgan fingerprint density at radius 1 is 1.12 bits per heavy atom. The van der Waals surface area contributed by atoms with Gasteiger partial charge in [0.15, 0.2) is 0 Å². The van der Waals surface area contributed by atoms with Crippen LogP contribution in [0.2, 0.25) is 0 Å². The molecule has 1 aromatic carbocycles. The molecule has 3 rings (SSSR count). The summed E-state index contributed by atoms with van der Waals surface area (Å²) in [6.07, 6.45) is 6.01. The van der Waals surface area contributed by atoms with Crippen molar-refractivity contribution in [2.75, 3.05) is 11.6 Å². The molecule has 124 valence electrons. The average molecular weight is 341 g/mol. The summed E-state index contributed by atoms with van der Waals surface area (Å²) in [5.41, 5.74) is 3.08. The van der Waals surface area contributed by atoms with E-state index >= 15 is 0 Å². The van der Waals surface area contributed by atoms with Gasteiger partial charge in [-0.3, -0.25) is 9.59 Å². The Morgan fingerprint density at radius 2 is 1.92 bits per heavy atom. The Labute approximate surface area is 145 Å². The number of pyridine rings is 1. The molecular formula is C18H19N3O2S. The quantitative estimate of drug-likeness (QED) is 0.664. The second-order valence-corrected chi connectivity index (χ2v) is 6.55. The minimum atomic E-state index is -0.660.